The number of hydrogen-bond donors (Lipinski definition) is 1. The van der Waals surface area contributed by atoms with E-state index in [4.69, 9.17) is 11.6 Å². The molecule has 2 aromatic rings. The molecule has 3 heteroatoms. The van der Waals surface area contributed by atoms with E-state index < -0.39 is 0 Å². The minimum atomic E-state index is 0.777. The number of halogens is 2. The summed E-state index contributed by atoms with van der Waals surface area (Å²) in [4.78, 5) is 0. The Morgan fingerprint density at radius 3 is 2.68 bits per heavy atom. The largest absolute Gasteiger partial charge is 0.312 e. The molecule has 0 radical (unpaired) electrons. The first-order valence-electron chi connectivity index (χ1n) is 6.36. The van der Waals surface area contributed by atoms with Crippen molar-refractivity contribution in [1.82, 2.24) is 5.32 Å². The summed E-state index contributed by atoms with van der Waals surface area (Å²) in [5.74, 6) is 0. The van der Waals surface area contributed by atoms with Crippen molar-refractivity contribution in [3.8, 4) is 0 Å². The molecule has 0 aliphatic heterocycles. The minimum absolute atomic E-state index is 0.777. The van der Waals surface area contributed by atoms with Crippen molar-refractivity contribution < 1.29 is 0 Å². The van der Waals surface area contributed by atoms with Crippen LogP contribution in [-0.4, -0.2) is 6.54 Å². The normalized spacial score (nSPS) is 10.7. The maximum Gasteiger partial charge on any atom is 0.0410 e. The molecular formula is C16H17BrClN. The van der Waals surface area contributed by atoms with Gasteiger partial charge < -0.3 is 5.32 Å². The average molecular weight is 339 g/mol. The van der Waals surface area contributed by atoms with Gasteiger partial charge in [-0.1, -0.05) is 51.8 Å². The van der Waals surface area contributed by atoms with E-state index in [9.17, 15) is 0 Å². The first-order valence-corrected chi connectivity index (χ1v) is 7.53. The van der Waals surface area contributed by atoms with Gasteiger partial charge in [-0.2, -0.15) is 0 Å². The van der Waals surface area contributed by atoms with E-state index in [0.717, 1.165) is 29.0 Å². The first kappa shape index (κ1) is 14.6. The van der Waals surface area contributed by atoms with Gasteiger partial charge in [0.25, 0.3) is 0 Å². The van der Waals surface area contributed by atoms with Crippen LogP contribution in [0, 0.1) is 6.92 Å². The van der Waals surface area contributed by atoms with Gasteiger partial charge in [0.1, 0.15) is 0 Å². The van der Waals surface area contributed by atoms with Crippen LogP contribution in [-0.2, 0) is 13.0 Å². The lowest BCUT2D eigenvalue weighted by molar-refractivity contribution is 0.684. The summed E-state index contributed by atoms with van der Waals surface area (Å²) in [5.41, 5.74) is 3.95. The second-order valence-electron chi connectivity index (χ2n) is 4.59. The van der Waals surface area contributed by atoms with Gasteiger partial charge in [-0.15, -0.1) is 0 Å². The Balaban J connectivity index is 1.84. The van der Waals surface area contributed by atoms with Crippen LogP contribution in [0.15, 0.2) is 46.9 Å². The Morgan fingerprint density at radius 2 is 1.89 bits per heavy atom. The molecule has 0 heterocycles. The van der Waals surface area contributed by atoms with E-state index in [1.54, 1.807) is 0 Å². The molecule has 0 aliphatic carbocycles. The van der Waals surface area contributed by atoms with E-state index in [-0.39, 0.29) is 0 Å². The molecule has 0 saturated carbocycles. The van der Waals surface area contributed by atoms with Crippen molar-refractivity contribution >= 4 is 27.5 Å². The van der Waals surface area contributed by atoms with Gasteiger partial charge in [-0.25, -0.2) is 0 Å². The smallest absolute Gasteiger partial charge is 0.0410 e. The van der Waals surface area contributed by atoms with Crippen molar-refractivity contribution in [2.45, 2.75) is 19.9 Å². The van der Waals surface area contributed by atoms with Crippen molar-refractivity contribution in [3.63, 3.8) is 0 Å². The zero-order valence-electron chi connectivity index (χ0n) is 10.9. The Kier molecular flexibility index (Phi) is 5.44. The van der Waals surface area contributed by atoms with Gasteiger partial charge in [0, 0.05) is 16.0 Å². The van der Waals surface area contributed by atoms with Crippen LogP contribution in [0.25, 0.3) is 0 Å². The quantitative estimate of drug-likeness (QED) is 0.776. The third-order valence-corrected chi connectivity index (χ3v) is 4.16. The molecule has 0 spiro atoms. The number of rotatable bonds is 5. The molecule has 0 bridgehead atoms. The van der Waals surface area contributed by atoms with E-state index in [1.165, 1.54) is 16.7 Å². The van der Waals surface area contributed by atoms with Crippen LogP contribution in [0.3, 0.4) is 0 Å². The molecule has 0 atom stereocenters. The fraction of sp³-hybridized carbons (Fsp3) is 0.250. The highest BCUT2D eigenvalue weighted by molar-refractivity contribution is 9.10. The van der Waals surface area contributed by atoms with Crippen molar-refractivity contribution in [2.24, 2.45) is 0 Å². The van der Waals surface area contributed by atoms with Gasteiger partial charge in [0.05, 0.1) is 0 Å². The van der Waals surface area contributed by atoms with E-state index in [1.807, 2.05) is 18.2 Å². The molecule has 0 unspecified atom stereocenters. The number of nitrogens with one attached hydrogen (secondary N) is 1. The van der Waals surface area contributed by atoms with Crippen LogP contribution >= 0.6 is 27.5 Å². The van der Waals surface area contributed by atoms with Crippen molar-refractivity contribution in [2.75, 3.05) is 6.54 Å². The summed E-state index contributed by atoms with van der Waals surface area (Å²) in [7, 11) is 0. The summed E-state index contributed by atoms with van der Waals surface area (Å²) >= 11 is 9.54. The second-order valence-corrected chi connectivity index (χ2v) is 5.88. The van der Waals surface area contributed by atoms with Gasteiger partial charge in [-0.05, 0) is 54.8 Å². The monoisotopic (exact) mass is 337 g/mol. The molecule has 1 nitrogen and oxygen atoms in total. The molecule has 0 aromatic heterocycles. The van der Waals surface area contributed by atoms with Crippen molar-refractivity contribution in [1.29, 1.82) is 0 Å². The third-order valence-electron chi connectivity index (χ3n) is 3.16. The number of hydrogen-bond acceptors (Lipinski definition) is 1. The molecular weight excluding hydrogens is 322 g/mol. The average Bonchev–Trinajstić information content (AvgIpc) is 2.40. The SMILES string of the molecule is Cc1ccccc1CCNCc1cc(Cl)ccc1Br. The topological polar surface area (TPSA) is 12.0 Å². The summed E-state index contributed by atoms with van der Waals surface area (Å²) < 4.78 is 1.10. The van der Waals surface area contributed by atoms with Crippen LogP contribution < -0.4 is 5.32 Å². The zero-order valence-corrected chi connectivity index (χ0v) is 13.3. The van der Waals surface area contributed by atoms with E-state index >= 15 is 0 Å². The summed E-state index contributed by atoms with van der Waals surface area (Å²) in [6.45, 7) is 3.94. The molecule has 0 saturated heterocycles. The van der Waals surface area contributed by atoms with Crippen LogP contribution in [0.5, 0.6) is 0 Å². The lowest BCUT2D eigenvalue weighted by atomic mass is 10.1. The number of aryl methyl sites for hydroxylation is 1. The first-order chi connectivity index (χ1) is 9.16. The highest BCUT2D eigenvalue weighted by atomic mass is 79.9. The van der Waals surface area contributed by atoms with E-state index in [2.05, 4.69) is 52.4 Å². The highest BCUT2D eigenvalue weighted by Crippen LogP contribution is 2.20. The Labute approximate surface area is 128 Å². The lowest BCUT2D eigenvalue weighted by Gasteiger charge is -2.09. The second kappa shape index (κ2) is 7.09. The highest BCUT2D eigenvalue weighted by Gasteiger charge is 2.01. The Hall–Kier alpha value is -0.830. The molecule has 0 aliphatic rings. The maximum absolute atomic E-state index is 6.00. The Bertz CT molecular complexity index is 554. The summed E-state index contributed by atoms with van der Waals surface area (Å²) in [5, 5.41) is 4.23. The molecule has 19 heavy (non-hydrogen) atoms. The molecule has 2 rings (SSSR count). The predicted octanol–water partition coefficient (Wildman–Crippen LogP) is 4.74. The number of benzene rings is 2. The molecule has 100 valence electrons. The zero-order chi connectivity index (χ0) is 13.7. The molecule has 1 N–H and O–H groups in total. The van der Waals surface area contributed by atoms with Crippen molar-refractivity contribution in [3.05, 3.63) is 68.7 Å². The van der Waals surface area contributed by atoms with Gasteiger partial charge in [-0.3, -0.25) is 0 Å². The summed E-state index contributed by atoms with van der Waals surface area (Å²) in [6, 6.07) is 14.4. The maximum atomic E-state index is 6.00. The van der Waals surface area contributed by atoms with Crippen LogP contribution in [0.4, 0.5) is 0 Å². The van der Waals surface area contributed by atoms with Gasteiger partial charge in [0.15, 0.2) is 0 Å². The third kappa shape index (κ3) is 4.34. The van der Waals surface area contributed by atoms with Gasteiger partial charge in [0.2, 0.25) is 0 Å². The fourth-order valence-electron chi connectivity index (χ4n) is 2.02. The van der Waals surface area contributed by atoms with Crippen LogP contribution in [0.2, 0.25) is 5.02 Å². The molecule has 0 fully saturated rings. The van der Waals surface area contributed by atoms with Gasteiger partial charge >= 0.3 is 0 Å². The summed E-state index contributed by atoms with van der Waals surface area (Å²) in [6.07, 6.45) is 1.05. The lowest BCUT2D eigenvalue weighted by Crippen LogP contribution is -2.17. The molecule has 0 amide bonds. The Morgan fingerprint density at radius 1 is 1.11 bits per heavy atom. The molecule has 2 aromatic carbocycles. The predicted molar refractivity (Wildman–Crippen MR) is 85.7 cm³/mol. The standard InChI is InChI=1S/C16H17BrClN/c1-12-4-2-3-5-13(12)8-9-19-11-14-10-15(18)6-7-16(14)17/h2-7,10,19H,8-9,11H2,1H3. The fourth-order valence-corrected chi connectivity index (χ4v) is 2.60. The van der Waals surface area contributed by atoms with E-state index in [0.29, 0.717) is 0 Å². The minimum Gasteiger partial charge on any atom is -0.312 e. The van der Waals surface area contributed by atoms with Crippen LogP contribution in [0.1, 0.15) is 16.7 Å².